The fourth-order valence-corrected chi connectivity index (χ4v) is 1.23. The molecule has 0 saturated carbocycles. The summed E-state index contributed by atoms with van der Waals surface area (Å²) in [6.07, 6.45) is -1.19. The van der Waals surface area contributed by atoms with Crippen LogP contribution in [0.1, 0.15) is 18.8 Å². The van der Waals surface area contributed by atoms with Crippen LogP contribution in [0, 0.1) is 0 Å². The van der Waals surface area contributed by atoms with Crippen LogP contribution in [0.2, 0.25) is 0 Å². The van der Waals surface area contributed by atoms with Gasteiger partial charge in [0.1, 0.15) is 17.6 Å². The topological polar surface area (TPSA) is 46.3 Å². The number of fused-ring (bicyclic) bond motifs is 1. The first-order valence-corrected chi connectivity index (χ1v) is 3.91. The summed E-state index contributed by atoms with van der Waals surface area (Å²) < 4.78 is 17.8. The molecule has 0 spiro atoms. The molecule has 4 heteroatoms. The van der Waals surface area contributed by atoms with E-state index >= 15 is 0 Å². The first-order chi connectivity index (χ1) is 6.18. The summed E-state index contributed by atoms with van der Waals surface area (Å²) in [6.45, 7) is 1.38. The second kappa shape index (κ2) is 2.73. The van der Waals surface area contributed by atoms with Crippen molar-refractivity contribution < 1.29 is 14.0 Å². The largest absolute Gasteiger partial charge is 0.508 e. The highest BCUT2D eigenvalue weighted by atomic mass is 19.1. The number of alkyl halides is 1. The highest BCUT2D eigenvalue weighted by Crippen LogP contribution is 2.28. The van der Waals surface area contributed by atoms with E-state index in [9.17, 15) is 4.39 Å². The zero-order chi connectivity index (χ0) is 9.42. The van der Waals surface area contributed by atoms with Crippen molar-refractivity contribution in [3.8, 4) is 5.75 Å². The normalized spacial score (nSPS) is 13.4. The zero-order valence-corrected chi connectivity index (χ0v) is 6.99. The summed E-state index contributed by atoms with van der Waals surface area (Å²) in [5, 5.41) is 13.3. The van der Waals surface area contributed by atoms with Gasteiger partial charge < -0.3 is 9.63 Å². The van der Waals surface area contributed by atoms with Crippen LogP contribution < -0.4 is 0 Å². The molecule has 1 aromatic carbocycles. The highest BCUT2D eigenvalue weighted by Gasteiger charge is 2.14. The lowest BCUT2D eigenvalue weighted by atomic mass is 10.1. The Balaban J connectivity index is 2.71. The van der Waals surface area contributed by atoms with Crippen LogP contribution in [0.25, 0.3) is 11.0 Å². The number of benzene rings is 1. The molecule has 13 heavy (non-hydrogen) atoms. The van der Waals surface area contributed by atoms with Gasteiger partial charge in [0.15, 0.2) is 5.58 Å². The summed E-state index contributed by atoms with van der Waals surface area (Å²) in [5.74, 6) is 0.0811. The summed E-state index contributed by atoms with van der Waals surface area (Å²) in [7, 11) is 0. The van der Waals surface area contributed by atoms with Gasteiger partial charge in [-0.05, 0) is 25.1 Å². The Morgan fingerprint density at radius 1 is 1.54 bits per heavy atom. The van der Waals surface area contributed by atoms with E-state index in [-0.39, 0.29) is 11.4 Å². The summed E-state index contributed by atoms with van der Waals surface area (Å²) in [5.41, 5.74) is 0.711. The average Bonchev–Trinajstić information content (AvgIpc) is 2.46. The lowest BCUT2D eigenvalue weighted by Crippen LogP contribution is -1.84. The number of nitrogens with zero attached hydrogens (tertiary/aromatic N) is 1. The fraction of sp³-hybridized carbons (Fsp3) is 0.222. The minimum Gasteiger partial charge on any atom is -0.508 e. The number of aromatic nitrogens is 1. The number of hydrogen-bond donors (Lipinski definition) is 1. The van der Waals surface area contributed by atoms with E-state index in [0.29, 0.717) is 11.0 Å². The van der Waals surface area contributed by atoms with E-state index in [1.807, 2.05) is 0 Å². The van der Waals surface area contributed by atoms with E-state index in [0.717, 1.165) is 0 Å². The predicted octanol–water partition coefficient (Wildman–Crippen LogP) is 2.56. The van der Waals surface area contributed by atoms with Gasteiger partial charge >= 0.3 is 0 Å². The van der Waals surface area contributed by atoms with Gasteiger partial charge in [-0.15, -0.1) is 0 Å². The number of phenolic OH excluding ortho intramolecular Hbond substituents is 1. The fourth-order valence-electron chi connectivity index (χ4n) is 1.23. The molecule has 1 heterocycles. The van der Waals surface area contributed by atoms with E-state index in [4.69, 9.17) is 9.63 Å². The molecule has 1 unspecified atom stereocenters. The molecule has 0 saturated heterocycles. The van der Waals surface area contributed by atoms with Gasteiger partial charge in [0, 0.05) is 0 Å². The Morgan fingerprint density at radius 3 is 3.00 bits per heavy atom. The van der Waals surface area contributed by atoms with Gasteiger partial charge in [0.2, 0.25) is 0 Å². The molecule has 68 valence electrons. The molecule has 0 aliphatic rings. The predicted molar refractivity (Wildman–Crippen MR) is 45.2 cm³/mol. The molecule has 0 fully saturated rings. The van der Waals surface area contributed by atoms with Gasteiger partial charge in [0.05, 0.1) is 5.39 Å². The molecule has 0 aliphatic heterocycles. The maximum Gasteiger partial charge on any atom is 0.167 e. The van der Waals surface area contributed by atoms with Crippen molar-refractivity contribution in [3.63, 3.8) is 0 Å². The lowest BCUT2D eigenvalue weighted by molar-refractivity contribution is 0.342. The molecule has 0 radical (unpaired) electrons. The summed E-state index contributed by atoms with van der Waals surface area (Å²) >= 11 is 0. The van der Waals surface area contributed by atoms with Crippen molar-refractivity contribution in [2.45, 2.75) is 13.1 Å². The van der Waals surface area contributed by atoms with Crippen LogP contribution in [0.15, 0.2) is 22.7 Å². The van der Waals surface area contributed by atoms with Crippen LogP contribution in [0.5, 0.6) is 5.75 Å². The molecule has 2 aromatic rings. The monoisotopic (exact) mass is 181 g/mol. The van der Waals surface area contributed by atoms with Crippen LogP contribution in [0.3, 0.4) is 0 Å². The van der Waals surface area contributed by atoms with Gasteiger partial charge in [-0.1, -0.05) is 5.16 Å². The molecule has 1 aromatic heterocycles. The molecule has 0 bridgehead atoms. The van der Waals surface area contributed by atoms with Gasteiger partial charge in [0.25, 0.3) is 0 Å². The van der Waals surface area contributed by atoms with Crippen molar-refractivity contribution in [3.05, 3.63) is 23.9 Å². The van der Waals surface area contributed by atoms with Crippen LogP contribution >= 0.6 is 0 Å². The van der Waals surface area contributed by atoms with Crippen molar-refractivity contribution >= 4 is 11.0 Å². The van der Waals surface area contributed by atoms with Crippen LogP contribution in [0.4, 0.5) is 4.39 Å². The Kier molecular flexibility index (Phi) is 1.69. The molecule has 2 rings (SSSR count). The minimum atomic E-state index is -1.19. The quantitative estimate of drug-likeness (QED) is 0.735. The Morgan fingerprint density at radius 2 is 2.31 bits per heavy atom. The average molecular weight is 181 g/mol. The summed E-state index contributed by atoms with van der Waals surface area (Å²) in [6, 6.07) is 4.47. The van der Waals surface area contributed by atoms with Crippen LogP contribution in [-0.4, -0.2) is 10.3 Å². The second-order valence-electron chi connectivity index (χ2n) is 2.86. The first-order valence-electron chi connectivity index (χ1n) is 3.91. The molecular formula is C9H8FNO2. The molecule has 0 amide bonds. The minimum absolute atomic E-state index is 0.0811. The van der Waals surface area contributed by atoms with E-state index in [1.165, 1.54) is 19.1 Å². The van der Waals surface area contributed by atoms with Crippen molar-refractivity contribution in [2.75, 3.05) is 0 Å². The SMILES string of the molecule is CC(F)c1noc2ccc(O)cc12. The number of rotatable bonds is 1. The molecule has 0 aliphatic carbocycles. The van der Waals surface area contributed by atoms with Gasteiger partial charge in [-0.2, -0.15) is 0 Å². The molecule has 1 atom stereocenters. The first kappa shape index (κ1) is 8.04. The van der Waals surface area contributed by atoms with Crippen molar-refractivity contribution in [2.24, 2.45) is 0 Å². The number of aromatic hydroxyl groups is 1. The number of halogens is 1. The van der Waals surface area contributed by atoms with E-state index in [1.54, 1.807) is 6.07 Å². The summed E-state index contributed by atoms with van der Waals surface area (Å²) in [4.78, 5) is 0. The smallest absolute Gasteiger partial charge is 0.167 e. The van der Waals surface area contributed by atoms with E-state index < -0.39 is 6.17 Å². The third kappa shape index (κ3) is 1.24. The van der Waals surface area contributed by atoms with Gasteiger partial charge in [-0.25, -0.2) is 4.39 Å². The standard InChI is InChI=1S/C9H8FNO2/c1-5(10)9-7-4-6(12)2-3-8(7)13-11-9/h2-5,12H,1H3. The Hall–Kier alpha value is -1.58. The molecule has 3 nitrogen and oxygen atoms in total. The van der Waals surface area contributed by atoms with E-state index in [2.05, 4.69) is 5.16 Å². The zero-order valence-electron chi connectivity index (χ0n) is 6.99. The Labute approximate surface area is 73.8 Å². The highest BCUT2D eigenvalue weighted by molar-refractivity contribution is 5.81. The molecular weight excluding hydrogens is 173 g/mol. The maximum absolute atomic E-state index is 12.9. The second-order valence-corrected chi connectivity index (χ2v) is 2.86. The van der Waals surface area contributed by atoms with Gasteiger partial charge in [-0.3, -0.25) is 0 Å². The van der Waals surface area contributed by atoms with Crippen molar-refractivity contribution in [1.82, 2.24) is 5.16 Å². The Bertz CT molecular complexity index is 436. The third-order valence-electron chi connectivity index (χ3n) is 1.86. The van der Waals surface area contributed by atoms with Crippen molar-refractivity contribution in [1.29, 1.82) is 0 Å². The molecule has 1 N–H and O–H groups in total. The lowest BCUT2D eigenvalue weighted by Gasteiger charge is -1.95. The van der Waals surface area contributed by atoms with Crippen LogP contribution in [-0.2, 0) is 0 Å². The number of hydrogen-bond acceptors (Lipinski definition) is 3. The maximum atomic E-state index is 12.9. The number of phenols is 1. The third-order valence-corrected chi connectivity index (χ3v) is 1.86.